The maximum absolute atomic E-state index is 12.2. The van der Waals surface area contributed by atoms with Crippen molar-refractivity contribution in [3.8, 4) is 5.75 Å². The van der Waals surface area contributed by atoms with Gasteiger partial charge in [-0.3, -0.25) is 4.79 Å². The summed E-state index contributed by atoms with van der Waals surface area (Å²) in [4.78, 5) is 15.2. The third kappa shape index (κ3) is 4.29. The van der Waals surface area contributed by atoms with Gasteiger partial charge < -0.3 is 9.72 Å². The lowest BCUT2D eigenvalue weighted by Gasteiger charge is -2.29. The van der Waals surface area contributed by atoms with E-state index in [4.69, 9.17) is 4.74 Å². The summed E-state index contributed by atoms with van der Waals surface area (Å²) < 4.78 is 6.71. The first-order valence-electron chi connectivity index (χ1n) is 8.76. The van der Waals surface area contributed by atoms with Gasteiger partial charge in [0.2, 0.25) is 0 Å². The Morgan fingerprint density at radius 2 is 1.92 bits per heavy atom. The van der Waals surface area contributed by atoms with Crippen molar-refractivity contribution in [1.82, 2.24) is 4.98 Å². The molecule has 1 aliphatic carbocycles. The summed E-state index contributed by atoms with van der Waals surface area (Å²) in [5.74, 6) is 1.22. The second-order valence-corrected chi connectivity index (χ2v) is 7.50. The predicted octanol–water partition coefficient (Wildman–Crippen LogP) is 4.88. The molecule has 3 nitrogen and oxygen atoms in total. The molecule has 0 bridgehead atoms. The average Bonchev–Trinajstić information content (AvgIpc) is 2.60. The van der Waals surface area contributed by atoms with E-state index >= 15 is 0 Å². The van der Waals surface area contributed by atoms with Crippen molar-refractivity contribution >= 4 is 15.9 Å². The Bertz CT molecular complexity index is 726. The van der Waals surface area contributed by atoms with Gasteiger partial charge in [0.1, 0.15) is 16.3 Å². The molecule has 1 saturated carbocycles. The van der Waals surface area contributed by atoms with Gasteiger partial charge in [-0.15, -0.1) is 0 Å². The number of H-pyrrole nitrogens is 1. The Hall–Kier alpha value is -1.55. The van der Waals surface area contributed by atoms with E-state index in [-0.39, 0.29) is 11.7 Å². The molecule has 4 heteroatoms. The smallest absolute Gasteiger partial charge is 0.266 e. The zero-order valence-electron chi connectivity index (χ0n) is 14.1. The second kappa shape index (κ2) is 8.02. The van der Waals surface area contributed by atoms with Crippen LogP contribution in [0.2, 0.25) is 0 Å². The Morgan fingerprint density at radius 3 is 2.67 bits per heavy atom. The summed E-state index contributed by atoms with van der Waals surface area (Å²) in [5.41, 5.74) is 2.08. The van der Waals surface area contributed by atoms with E-state index < -0.39 is 0 Å². The fourth-order valence-electron chi connectivity index (χ4n) is 3.33. The van der Waals surface area contributed by atoms with Crippen LogP contribution in [0.1, 0.15) is 43.9 Å². The van der Waals surface area contributed by atoms with Crippen LogP contribution in [0.25, 0.3) is 0 Å². The number of benzene rings is 1. The standard InChI is InChI=1S/C20H24BrNO2/c1-14-7-5-6-10-17(14)24-18-13-16(22-20(23)19(18)21)12-11-15-8-3-2-4-9-15/h2-4,8-9,13-14,17H,5-7,10-12H2,1H3,(H,22,23). The van der Waals surface area contributed by atoms with E-state index in [1.54, 1.807) is 0 Å². The number of halogens is 1. The van der Waals surface area contributed by atoms with E-state index in [9.17, 15) is 4.79 Å². The van der Waals surface area contributed by atoms with Gasteiger partial charge in [0.25, 0.3) is 5.56 Å². The monoisotopic (exact) mass is 389 g/mol. The topological polar surface area (TPSA) is 42.1 Å². The number of aryl methyl sites for hydroxylation is 2. The molecule has 2 aromatic rings. The maximum Gasteiger partial charge on any atom is 0.266 e. The predicted molar refractivity (Wildman–Crippen MR) is 101 cm³/mol. The SMILES string of the molecule is CC1CCCCC1Oc1cc(CCc2ccccc2)[nH]c(=O)c1Br. The van der Waals surface area contributed by atoms with Gasteiger partial charge in [0.15, 0.2) is 0 Å². The molecule has 0 saturated heterocycles. The first-order valence-corrected chi connectivity index (χ1v) is 9.55. The first-order chi connectivity index (χ1) is 11.6. The Morgan fingerprint density at radius 1 is 1.17 bits per heavy atom. The van der Waals surface area contributed by atoms with Crippen LogP contribution >= 0.6 is 15.9 Å². The molecule has 1 heterocycles. The fourth-order valence-corrected chi connectivity index (χ4v) is 3.64. The van der Waals surface area contributed by atoms with Gasteiger partial charge >= 0.3 is 0 Å². The molecule has 1 fully saturated rings. The van der Waals surface area contributed by atoms with E-state index in [0.29, 0.717) is 16.1 Å². The minimum atomic E-state index is -0.112. The van der Waals surface area contributed by atoms with Gasteiger partial charge in [-0.25, -0.2) is 0 Å². The van der Waals surface area contributed by atoms with E-state index in [1.807, 2.05) is 24.3 Å². The highest BCUT2D eigenvalue weighted by atomic mass is 79.9. The van der Waals surface area contributed by atoms with Crippen LogP contribution in [0, 0.1) is 5.92 Å². The van der Waals surface area contributed by atoms with Gasteiger partial charge in [-0.1, -0.05) is 43.7 Å². The molecule has 1 aromatic heterocycles. The molecule has 1 aromatic carbocycles. The van der Waals surface area contributed by atoms with Crippen LogP contribution in [0.4, 0.5) is 0 Å². The van der Waals surface area contributed by atoms with Crippen molar-refractivity contribution in [2.75, 3.05) is 0 Å². The second-order valence-electron chi connectivity index (χ2n) is 6.71. The van der Waals surface area contributed by atoms with Crippen LogP contribution in [-0.2, 0) is 12.8 Å². The summed E-state index contributed by atoms with van der Waals surface area (Å²) >= 11 is 3.39. The number of ether oxygens (including phenoxy) is 1. The lowest BCUT2D eigenvalue weighted by Crippen LogP contribution is -2.29. The summed E-state index contributed by atoms with van der Waals surface area (Å²) in [6.45, 7) is 2.24. The molecule has 128 valence electrons. The Labute approximate surface area is 151 Å². The largest absolute Gasteiger partial charge is 0.489 e. The molecule has 24 heavy (non-hydrogen) atoms. The van der Waals surface area contributed by atoms with Crippen LogP contribution < -0.4 is 10.3 Å². The number of pyridine rings is 1. The molecule has 2 atom stereocenters. The third-order valence-electron chi connectivity index (χ3n) is 4.83. The number of nitrogens with one attached hydrogen (secondary N) is 1. The van der Waals surface area contributed by atoms with Crippen LogP contribution in [0.3, 0.4) is 0 Å². The Balaban J connectivity index is 1.74. The number of hydrogen-bond donors (Lipinski definition) is 1. The molecular formula is C20H24BrNO2. The minimum Gasteiger partial charge on any atom is -0.489 e. The highest BCUT2D eigenvalue weighted by Gasteiger charge is 2.24. The maximum atomic E-state index is 12.2. The van der Waals surface area contributed by atoms with Crippen LogP contribution in [0.5, 0.6) is 5.75 Å². The Kier molecular flexibility index (Phi) is 5.77. The van der Waals surface area contributed by atoms with E-state index in [1.165, 1.54) is 24.8 Å². The molecule has 0 aliphatic heterocycles. The number of hydrogen-bond acceptors (Lipinski definition) is 2. The van der Waals surface area contributed by atoms with Crippen molar-refractivity contribution in [1.29, 1.82) is 0 Å². The van der Waals surface area contributed by atoms with Gasteiger partial charge in [-0.05, 0) is 59.5 Å². The molecule has 3 rings (SSSR count). The van der Waals surface area contributed by atoms with Crippen LogP contribution in [0.15, 0.2) is 45.7 Å². The first kappa shape index (κ1) is 17.3. The summed E-state index contributed by atoms with van der Waals surface area (Å²) in [6.07, 6.45) is 6.66. The zero-order valence-corrected chi connectivity index (χ0v) is 15.6. The quantitative estimate of drug-likeness (QED) is 0.791. The highest BCUT2D eigenvalue weighted by molar-refractivity contribution is 9.10. The average molecular weight is 390 g/mol. The molecule has 0 spiro atoms. The van der Waals surface area contributed by atoms with Gasteiger partial charge in [0, 0.05) is 11.8 Å². The van der Waals surface area contributed by atoms with Crippen molar-refractivity contribution in [2.24, 2.45) is 5.92 Å². The summed E-state index contributed by atoms with van der Waals surface area (Å²) in [7, 11) is 0. The molecule has 1 N–H and O–H groups in total. The minimum absolute atomic E-state index is 0.112. The summed E-state index contributed by atoms with van der Waals surface area (Å²) in [5, 5.41) is 0. The van der Waals surface area contributed by atoms with Gasteiger partial charge in [-0.2, -0.15) is 0 Å². The van der Waals surface area contributed by atoms with E-state index in [2.05, 4.69) is 40.0 Å². The highest BCUT2D eigenvalue weighted by Crippen LogP contribution is 2.30. The molecule has 0 radical (unpaired) electrons. The fraction of sp³-hybridized carbons (Fsp3) is 0.450. The lowest BCUT2D eigenvalue weighted by atomic mass is 9.88. The molecule has 0 amide bonds. The summed E-state index contributed by atoms with van der Waals surface area (Å²) in [6, 6.07) is 12.3. The molecule has 2 unspecified atom stereocenters. The van der Waals surface area contributed by atoms with Crippen molar-refractivity contribution in [2.45, 2.75) is 51.6 Å². The van der Waals surface area contributed by atoms with Crippen molar-refractivity contribution in [3.63, 3.8) is 0 Å². The van der Waals surface area contributed by atoms with Crippen LogP contribution in [-0.4, -0.2) is 11.1 Å². The normalized spacial score (nSPS) is 20.8. The lowest BCUT2D eigenvalue weighted by molar-refractivity contribution is 0.101. The van der Waals surface area contributed by atoms with Crippen molar-refractivity contribution in [3.05, 3.63) is 62.5 Å². The van der Waals surface area contributed by atoms with E-state index in [0.717, 1.165) is 25.0 Å². The molecule has 1 aliphatic rings. The number of aromatic nitrogens is 1. The number of rotatable bonds is 5. The third-order valence-corrected chi connectivity index (χ3v) is 5.58. The molecular weight excluding hydrogens is 366 g/mol. The van der Waals surface area contributed by atoms with Crippen molar-refractivity contribution < 1.29 is 4.74 Å². The van der Waals surface area contributed by atoms with Gasteiger partial charge in [0.05, 0.1) is 0 Å². The number of aromatic amines is 1. The zero-order chi connectivity index (χ0) is 16.9.